The highest BCUT2D eigenvalue weighted by Gasteiger charge is 1.96. The molecule has 1 heterocycles. The monoisotopic (exact) mass is 177 g/mol. The first-order chi connectivity index (χ1) is 5.18. The maximum absolute atomic E-state index is 12.0. The molecule has 0 spiro atoms. The van der Waals surface area contributed by atoms with Gasteiger partial charge in [-0.3, -0.25) is 9.27 Å². The van der Waals surface area contributed by atoms with Gasteiger partial charge in [-0.15, -0.1) is 0 Å². The van der Waals surface area contributed by atoms with Crippen LogP contribution in [-0.4, -0.2) is 18.7 Å². The van der Waals surface area contributed by atoms with Crippen LogP contribution in [0.4, 0.5) is 10.1 Å². The predicted molar refractivity (Wildman–Crippen MR) is 36.4 cm³/mol. The average Bonchev–Trinajstić information content (AvgIpc) is 1.93. The molecule has 1 atom stereocenters. The Morgan fingerprint density at radius 2 is 2.09 bits per heavy atom. The van der Waals surface area contributed by atoms with Crippen molar-refractivity contribution in [2.24, 2.45) is 0 Å². The van der Waals surface area contributed by atoms with E-state index in [2.05, 4.69) is 14.7 Å². The smallest absolute Gasteiger partial charge is 0.289 e. The van der Waals surface area contributed by atoms with Gasteiger partial charge in [0, 0.05) is 0 Å². The number of hydrogen-bond donors (Lipinski definition) is 2. The number of halogens is 1. The molecule has 0 bridgehead atoms. The molecule has 5 nitrogen and oxygen atoms in total. The van der Waals surface area contributed by atoms with E-state index in [1.807, 2.05) is 0 Å². The molecule has 0 aliphatic rings. The van der Waals surface area contributed by atoms with E-state index in [1.165, 1.54) is 0 Å². The minimum Gasteiger partial charge on any atom is -0.289 e. The van der Waals surface area contributed by atoms with Gasteiger partial charge in [-0.25, -0.2) is 14.2 Å². The third-order valence-corrected chi connectivity index (χ3v) is 1.24. The second-order valence-electron chi connectivity index (χ2n) is 1.59. The van der Waals surface area contributed by atoms with Crippen LogP contribution in [0.5, 0.6) is 0 Å². The zero-order chi connectivity index (χ0) is 8.27. The Morgan fingerprint density at radius 1 is 1.55 bits per heavy atom. The van der Waals surface area contributed by atoms with E-state index in [0.717, 1.165) is 12.4 Å². The van der Waals surface area contributed by atoms with E-state index >= 15 is 0 Å². The lowest BCUT2D eigenvalue weighted by atomic mass is 10.6. The first kappa shape index (κ1) is 8.02. The standard InChI is InChI=1S/C4H4FN3O2S/c5-4-6-1-3(2-7-4)8-11(9)10/h1-2,8H,(H,9,10). The molecule has 0 aromatic carbocycles. The van der Waals surface area contributed by atoms with Gasteiger partial charge in [-0.2, -0.15) is 4.39 Å². The lowest BCUT2D eigenvalue weighted by Gasteiger charge is -1.96. The van der Waals surface area contributed by atoms with Crippen LogP contribution >= 0.6 is 0 Å². The Bertz CT molecular complexity index is 265. The number of nitrogens with zero attached hydrogens (tertiary/aromatic N) is 2. The molecule has 0 saturated carbocycles. The minimum absolute atomic E-state index is 0.187. The normalized spacial score (nSPS) is 12.5. The molecule has 1 aromatic heterocycles. The van der Waals surface area contributed by atoms with Crippen molar-refractivity contribution in [2.45, 2.75) is 0 Å². The van der Waals surface area contributed by atoms with E-state index in [0.29, 0.717) is 0 Å². The van der Waals surface area contributed by atoms with Gasteiger partial charge in [0.25, 0.3) is 11.3 Å². The van der Waals surface area contributed by atoms with Gasteiger partial charge in [0.05, 0.1) is 18.1 Å². The molecule has 11 heavy (non-hydrogen) atoms. The maximum atomic E-state index is 12.0. The molecule has 2 N–H and O–H groups in total. The van der Waals surface area contributed by atoms with Gasteiger partial charge in [0.2, 0.25) is 0 Å². The summed E-state index contributed by atoms with van der Waals surface area (Å²) in [6.45, 7) is 0. The maximum Gasteiger partial charge on any atom is 0.308 e. The summed E-state index contributed by atoms with van der Waals surface area (Å²) in [7, 11) is 0. The van der Waals surface area contributed by atoms with Crippen LogP contribution < -0.4 is 4.72 Å². The number of hydrogen-bond acceptors (Lipinski definition) is 3. The Labute approximate surface area is 64.1 Å². The van der Waals surface area contributed by atoms with E-state index in [-0.39, 0.29) is 5.69 Å². The molecule has 0 amide bonds. The molecule has 0 radical (unpaired) electrons. The van der Waals surface area contributed by atoms with Gasteiger partial charge < -0.3 is 0 Å². The molecule has 7 heteroatoms. The Kier molecular flexibility index (Phi) is 2.44. The Hall–Kier alpha value is -1.08. The molecular formula is C4H4FN3O2S. The molecular weight excluding hydrogens is 173 g/mol. The van der Waals surface area contributed by atoms with Crippen molar-refractivity contribution < 1.29 is 13.2 Å². The highest BCUT2D eigenvalue weighted by molar-refractivity contribution is 7.80. The summed E-state index contributed by atoms with van der Waals surface area (Å²) in [6.07, 6.45) is 1.26. The number of aromatic nitrogens is 2. The van der Waals surface area contributed by atoms with Crippen molar-refractivity contribution in [3.63, 3.8) is 0 Å². The van der Waals surface area contributed by atoms with Gasteiger partial charge in [-0.1, -0.05) is 0 Å². The fraction of sp³-hybridized carbons (Fsp3) is 0. The molecule has 60 valence electrons. The summed E-state index contributed by atoms with van der Waals surface area (Å²) >= 11 is -2.18. The molecule has 0 saturated heterocycles. The molecule has 0 aliphatic carbocycles. The summed E-state index contributed by atoms with van der Waals surface area (Å²) in [5, 5.41) is 0. The Balaban J connectivity index is 2.74. The largest absolute Gasteiger partial charge is 0.308 e. The summed E-state index contributed by atoms with van der Waals surface area (Å²) in [6, 6.07) is 0. The summed E-state index contributed by atoms with van der Waals surface area (Å²) in [4.78, 5) is 6.29. The highest BCUT2D eigenvalue weighted by atomic mass is 32.2. The predicted octanol–water partition coefficient (Wildman–Crippen LogP) is 0.164. The van der Waals surface area contributed by atoms with Crippen molar-refractivity contribution in [2.75, 3.05) is 4.72 Å². The van der Waals surface area contributed by atoms with Crippen LogP contribution in [0.25, 0.3) is 0 Å². The molecule has 1 aromatic rings. The number of anilines is 1. The van der Waals surface area contributed by atoms with Gasteiger partial charge in [0.1, 0.15) is 0 Å². The zero-order valence-electron chi connectivity index (χ0n) is 5.19. The van der Waals surface area contributed by atoms with Crippen molar-refractivity contribution in [3.8, 4) is 0 Å². The van der Waals surface area contributed by atoms with Gasteiger partial charge >= 0.3 is 6.08 Å². The molecule has 1 rings (SSSR count). The zero-order valence-corrected chi connectivity index (χ0v) is 6.01. The third-order valence-electron chi connectivity index (χ3n) is 0.825. The van der Waals surface area contributed by atoms with Gasteiger partial charge in [-0.05, 0) is 0 Å². The van der Waals surface area contributed by atoms with Crippen LogP contribution in [0.3, 0.4) is 0 Å². The third kappa shape index (κ3) is 2.56. The topological polar surface area (TPSA) is 75.1 Å². The fourth-order valence-electron chi connectivity index (χ4n) is 0.466. The average molecular weight is 177 g/mol. The number of nitrogens with one attached hydrogen (secondary N) is 1. The first-order valence-electron chi connectivity index (χ1n) is 2.53. The SMILES string of the molecule is O=S(O)Nc1cnc(F)nc1. The highest BCUT2D eigenvalue weighted by Crippen LogP contribution is 2.01. The van der Waals surface area contributed by atoms with Crippen LogP contribution in [-0.2, 0) is 11.3 Å². The molecule has 0 fully saturated rings. The van der Waals surface area contributed by atoms with E-state index in [9.17, 15) is 8.60 Å². The summed E-state index contributed by atoms with van der Waals surface area (Å²) < 4.78 is 32.5. The number of rotatable bonds is 2. The van der Waals surface area contributed by atoms with Gasteiger partial charge in [0.15, 0.2) is 0 Å². The summed E-state index contributed by atoms with van der Waals surface area (Å²) in [5.41, 5.74) is 0.187. The fourth-order valence-corrected chi connectivity index (χ4v) is 0.773. The first-order valence-corrected chi connectivity index (χ1v) is 3.64. The van der Waals surface area contributed by atoms with Crippen LogP contribution in [0.2, 0.25) is 0 Å². The molecule has 0 aliphatic heterocycles. The van der Waals surface area contributed by atoms with E-state index in [4.69, 9.17) is 4.55 Å². The van der Waals surface area contributed by atoms with Crippen molar-refractivity contribution in [3.05, 3.63) is 18.5 Å². The lowest BCUT2D eigenvalue weighted by Crippen LogP contribution is -2.03. The lowest BCUT2D eigenvalue weighted by molar-refractivity contribution is 0.538. The molecule has 1 unspecified atom stereocenters. The van der Waals surface area contributed by atoms with E-state index in [1.54, 1.807) is 0 Å². The second kappa shape index (κ2) is 3.35. The summed E-state index contributed by atoms with van der Waals surface area (Å²) in [5.74, 6) is 0. The van der Waals surface area contributed by atoms with Crippen LogP contribution in [0.15, 0.2) is 12.4 Å². The van der Waals surface area contributed by atoms with E-state index < -0.39 is 17.3 Å². The second-order valence-corrected chi connectivity index (χ2v) is 2.29. The van der Waals surface area contributed by atoms with Crippen LogP contribution in [0, 0.1) is 6.08 Å². The quantitative estimate of drug-likeness (QED) is 0.498. The van der Waals surface area contributed by atoms with Crippen molar-refractivity contribution in [1.82, 2.24) is 9.97 Å². The van der Waals surface area contributed by atoms with Crippen molar-refractivity contribution in [1.29, 1.82) is 0 Å². The minimum atomic E-state index is -2.18. The van der Waals surface area contributed by atoms with Crippen LogP contribution in [0.1, 0.15) is 0 Å². The van der Waals surface area contributed by atoms with Crippen molar-refractivity contribution >= 4 is 17.0 Å². The Morgan fingerprint density at radius 3 is 2.55 bits per heavy atom.